The van der Waals surface area contributed by atoms with Gasteiger partial charge < -0.3 is 28.7 Å². The van der Waals surface area contributed by atoms with Gasteiger partial charge in [0.15, 0.2) is 0 Å². The van der Waals surface area contributed by atoms with Crippen LogP contribution < -0.4 is 0 Å². The molecule has 0 radical (unpaired) electrons. The van der Waals surface area contributed by atoms with Crippen molar-refractivity contribution in [3.05, 3.63) is 18.2 Å². The summed E-state index contributed by atoms with van der Waals surface area (Å²) in [6, 6.07) is -0.458. The molecule has 0 aromatic carbocycles. The molecule has 9 heteroatoms. The second-order valence-electron chi connectivity index (χ2n) is 5.55. The van der Waals surface area contributed by atoms with Crippen molar-refractivity contribution in [2.24, 2.45) is 0 Å². The van der Waals surface area contributed by atoms with E-state index < -0.39 is 6.04 Å². The fraction of sp³-hybridized carbons (Fsp3) is 0.765. The summed E-state index contributed by atoms with van der Waals surface area (Å²) in [5.41, 5.74) is 0.797. The molecule has 1 N–H and O–H groups in total. The van der Waals surface area contributed by atoms with E-state index in [1.807, 2.05) is 4.90 Å². The van der Waals surface area contributed by atoms with Crippen LogP contribution in [0.25, 0.3) is 0 Å². The molecule has 0 fully saturated rings. The lowest BCUT2D eigenvalue weighted by Crippen LogP contribution is -2.46. The van der Waals surface area contributed by atoms with Crippen LogP contribution in [0.15, 0.2) is 12.5 Å². The molecule has 1 atom stereocenters. The van der Waals surface area contributed by atoms with Gasteiger partial charge in [-0.2, -0.15) is 0 Å². The van der Waals surface area contributed by atoms with E-state index in [9.17, 15) is 4.79 Å². The number of carbonyl (C=O) groups excluding carboxylic acids is 1. The number of aromatic amines is 1. The fourth-order valence-electron chi connectivity index (χ4n) is 2.37. The minimum Gasteiger partial charge on any atom is -0.468 e. The Morgan fingerprint density at radius 2 is 1.65 bits per heavy atom. The van der Waals surface area contributed by atoms with Gasteiger partial charge in [0.25, 0.3) is 0 Å². The van der Waals surface area contributed by atoms with Gasteiger partial charge in [-0.05, 0) is 0 Å². The van der Waals surface area contributed by atoms with Crippen molar-refractivity contribution in [3.63, 3.8) is 0 Å². The lowest BCUT2D eigenvalue weighted by atomic mass is 10.1. The summed E-state index contributed by atoms with van der Waals surface area (Å²) in [6.45, 7) is 4.20. The first-order valence-electron chi connectivity index (χ1n) is 8.65. The lowest BCUT2D eigenvalue weighted by molar-refractivity contribution is -0.147. The van der Waals surface area contributed by atoms with Crippen molar-refractivity contribution in [3.8, 4) is 0 Å². The number of methoxy groups -OCH3 is 3. The van der Waals surface area contributed by atoms with Gasteiger partial charge in [0.05, 0.1) is 58.8 Å². The van der Waals surface area contributed by atoms with E-state index in [0.29, 0.717) is 59.2 Å². The number of rotatable bonds is 16. The Kier molecular flexibility index (Phi) is 12.7. The molecule has 0 spiro atoms. The van der Waals surface area contributed by atoms with E-state index in [-0.39, 0.29) is 5.97 Å². The first-order valence-corrected chi connectivity index (χ1v) is 8.65. The van der Waals surface area contributed by atoms with E-state index in [2.05, 4.69) is 9.97 Å². The summed E-state index contributed by atoms with van der Waals surface area (Å²) in [4.78, 5) is 21.4. The highest BCUT2D eigenvalue weighted by atomic mass is 16.5. The second kappa shape index (κ2) is 14.6. The molecule has 1 rings (SSSR count). The SMILES string of the molecule is COCCOCCN(CCOCCOC)[C@@H](Cc1c[nH]cn1)C(=O)OC. The van der Waals surface area contributed by atoms with Gasteiger partial charge in [-0.25, -0.2) is 4.98 Å². The molecular formula is C17H31N3O6. The predicted octanol–water partition coefficient (Wildman–Crippen LogP) is 0.122. The van der Waals surface area contributed by atoms with Crippen LogP contribution in [0.3, 0.4) is 0 Å². The molecule has 9 nitrogen and oxygen atoms in total. The summed E-state index contributed by atoms with van der Waals surface area (Å²) in [7, 11) is 4.65. The standard InChI is InChI=1S/C17H31N3O6/c1-22-8-10-25-6-4-20(5-7-26-11-9-23-2)16(17(21)24-3)12-15-13-18-14-19-15/h13-14,16H,4-12H2,1-3H3,(H,18,19)/t16-/m0/s1. The Bertz CT molecular complexity index is 443. The van der Waals surface area contributed by atoms with Gasteiger partial charge in [0.2, 0.25) is 0 Å². The molecule has 26 heavy (non-hydrogen) atoms. The second-order valence-corrected chi connectivity index (χ2v) is 5.55. The first-order chi connectivity index (χ1) is 12.7. The number of aromatic nitrogens is 2. The third-order valence-electron chi connectivity index (χ3n) is 3.78. The maximum atomic E-state index is 12.3. The number of hydrogen-bond donors (Lipinski definition) is 1. The zero-order valence-electron chi connectivity index (χ0n) is 15.9. The number of nitrogens with zero attached hydrogens (tertiary/aromatic N) is 2. The number of esters is 1. The highest BCUT2D eigenvalue weighted by Gasteiger charge is 2.27. The Morgan fingerprint density at radius 1 is 1.04 bits per heavy atom. The zero-order chi connectivity index (χ0) is 19.0. The molecule has 150 valence electrons. The molecule has 1 aromatic rings. The minimum absolute atomic E-state index is 0.304. The lowest BCUT2D eigenvalue weighted by Gasteiger charge is -2.29. The number of carbonyl (C=O) groups is 1. The van der Waals surface area contributed by atoms with Gasteiger partial charge in [0.1, 0.15) is 6.04 Å². The summed E-state index contributed by atoms with van der Waals surface area (Å²) >= 11 is 0. The number of nitrogens with one attached hydrogen (secondary N) is 1. The van der Waals surface area contributed by atoms with Crippen LogP contribution in [-0.4, -0.2) is 101 Å². The Labute approximate surface area is 154 Å². The normalized spacial score (nSPS) is 12.5. The molecule has 0 saturated heterocycles. The van der Waals surface area contributed by atoms with Crippen LogP contribution in [-0.2, 0) is 34.9 Å². The molecule has 0 amide bonds. The molecule has 0 unspecified atom stereocenters. The smallest absolute Gasteiger partial charge is 0.323 e. The van der Waals surface area contributed by atoms with Crippen molar-refractivity contribution in [1.82, 2.24) is 14.9 Å². The van der Waals surface area contributed by atoms with Crippen molar-refractivity contribution in [2.45, 2.75) is 12.5 Å². The molecule has 0 saturated carbocycles. The van der Waals surface area contributed by atoms with Gasteiger partial charge in [-0.3, -0.25) is 9.69 Å². The number of hydrogen-bond acceptors (Lipinski definition) is 8. The molecule has 1 aromatic heterocycles. The summed E-state index contributed by atoms with van der Waals surface area (Å²) < 4.78 is 26.0. The van der Waals surface area contributed by atoms with Gasteiger partial charge in [0, 0.05) is 39.9 Å². The Hall–Kier alpha value is -1.52. The van der Waals surface area contributed by atoms with Gasteiger partial charge in [-0.1, -0.05) is 0 Å². The van der Waals surface area contributed by atoms with E-state index in [0.717, 1.165) is 5.69 Å². The summed E-state index contributed by atoms with van der Waals surface area (Å²) in [5.74, 6) is -0.304. The topological polar surface area (TPSA) is 95.1 Å². The van der Waals surface area contributed by atoms with Crippen molar-refractivity contribution >= 4 is 5.97 Å². The summed E-state index contributed by atoms with van der Waals surface area (Å²) in [6.07, 6.45) is 3.82. The monoisotopic (exact) mass is 373 g/mol. The largest absolute Gasteiger partial charge is 0.468 e. The van der Waals surface area contributed by atoms with E-state index in [4.69, 9.17) is 23.7 Å². The third-order valence-corrected chi connectivity index (χ3v) is 3.78. The maximum Gasteiger partial charge on any atom is 0.323 e. The molecule has 0 aliphatic heterocycles. The van der Waals surface area contributed by atoms with Crippen LogP contribution in [0, 0.1) is 0 Å². The van der Waals surface area contributed by atoms with Crippen LogP contribution in [0.4, 0.5) is 0 Å². The van der Waals surface area contributed by atoms with Crippen molar-refractivity contribution in [1.29, 1.82) is 0 Å². The molecule has 0 aliphatic carbocycles. The molecule has 0 aliphatic rings. The summed E-state index contributed by atoms with van der Waals surface area (Å²) in [5, 5.41) is 0. The average molecular weight is 373 g/mol. The van der Waals surface area contributed by atoms with E-state index in [1.165, 1.54) is 7.11 Å². The molecular weight excluding hydrogens is 342 g/mol. The van der Waals surface area contributed by atoms with Crippen LogP contribution in [0.5, 0.6) is 0 Å². The van der Waals surface area contributed by atoms with Crippen molar-refractivity contribution < 1.29 is 28.5 Å². The average Bonchev–Trinajstić information content (AvgIpc) is 3.17. The van der Waals surface area contributed by atoms with Crippen LogP contribution in [0.2, 0.25) is 0 Å². The van der Waals surface area contributed by atoms with Crippen LogP contribution >= 0.6 is 0 Å². The highest BCUT2D eigenvalue weighted by Crippen LogP contribution is 2.09. The first kappa shape index (κ1) is 22.5. The number of imidazole rings is 1. The maximum absolute atomic E-state index is 12.3. The quantitative estimate of drug-likeness (QED) is 0.323. The van der Waals surface area contributed by atoms with E-state index in [1.54, 1.807) is 26.7 Å². The van der Waals surface area contributed by atoms with Crippen molar-refractivity contribution in [2.75, 3.05) is 74.1 Å². The van der Waals surface area contributed by atoms with Crippen LogP contribution in [0.1, 0.15) is 5.69 Å². The third kappa shape index (κ3) is 9.25. The number of ether oxygens (including phenoxy) is 5. The van der Waals surface area contributed by atoms with E-state index >= 15 is 0 Å². The number of H-pyrrole nitrogens is 1. The Morgan fingerprint density at radius 3 is 2.12 bits per heavy atom. The fourth-order valence-corrected chi connectivity index (χ4v) is 2.37. The van der Waals surface area contributed by atoms with Gasteiger partial charge in [-0.15, -0.1) is 0 Å². The zero-order valence-corrected chi connectivity index (χ0v) is 15.9. The van der Waals surface area contributed by atoms with Gasteiger partial charge >= 0.3 is 5.97 Å². The predicted molar refractivity (Wildman–Crippen MR) is 95.1 cm³/mol. The molecule has 1 heterocycles. The Balaban J connectivity index is 2.63. The minimum atomic E-state index is -0.458. The molecule has 0 bridgehead atoms. The highest BCUT2D eigenvalue weighted by molar-refractivity contribution is 5.76.